The highest BCUT2D eigenvalue weighted by molar-refractivity contribution is 5.61. The molecule has 1 atom stereocenters. The zero-order valence-corrected chi connectivity index (χ0v) is 8.38. The van der Waals surface area contributed by atoms with Crippen molar-refractivity contribution < 1.29 is 0 Å². The van der Waals surface area contributed by atoms with E-state index in [1.807, 2.05) is 6.92 Å². The van der Waals surface area contributed by atoms with Gasteiger partial charge in [-0.25, -0.2) is 0 Å². The number of benzene rings is 1. The topological polar surface area (TPSA) is 26.0 Å². The predicted molar refractivity (Wildman–Crippen MR) is 72.1 cm³/mol. The Morgan fingerprint density at radius 3 is 2.47 bits per heavy atom. The van der Waals surface area contributed by atoms with E-state index in [-0.39, 0.29) is 14.9 Å². The van der Waals surface area contributed by atoms with E-state index >= 15 is 0 Å². The molecule has 0 amide bonds. The van der Waals surface area contributed by atoms with Gasteiger partial charge in [0.1, 0.15) is 0 Å². The Morgan fingerprint density at radius 1 is 1.40 bits per heavy atom. The van der Waals surface area contributed by atoms with Crippen LogP contribution in [0, 0.1) is 0 Å². The van der Waals surface area contributed by atoms with Crippen molar-refractivity contribution in [3.05, 3.63) is 42.0 Å². The molecule has 0 saturated carbocycles. The van der Waals surface area contributed by atoms with Gasteiger partial charge in [0.25, 0.3) is 0 Å². The molecule has 0 aliphatic carbocycles. The first-order valence-corrected chi connectivity index (χ1v) is 4.61. The zero-order chi connectivity index (χ0) is 9.84. The van der Waals surface area contributed by atoms with Gasteiger partial charge in [-0.15, -0.1) is 0 Å². The Morgan fingerprint density at radius 2 is 2.00 bits per heavy atom. The van der Waals surface area contributed by atoms with Crippen molar-refractivity contribution >= 4 is 5.57 Å². The Balaban J connectivity index is 0. The van der Waals surface area contributed by atoms with Crippen LogP contribution in [0.1, 0.15) is 45.7 Å². The lowest BCUT2D eigenvalue weighted by molar-refractivity contribution is 0.774. The fourth-order valence-electron chi connectivity index (χ4n) is 1.25. The van der Waals surface area contributed by atoms with Crippen molar-refractivity contribution in [1.29, 1.82) is 0 Å². The van der Waals surface area contributed by atoms with Gasteiger partial charge in [0.2, 0.25) is 0 Å². The molecule has 2 N–H and O–H groups in total. The van der Waals surface area contributed by atoms with Gasteiger partial charge in [-0.05, 0) is 30.5 Å². The van der Waals surface area contributed by atoms with E-state index in [0.29, 0.717) is 12.5 Å². The molecule has 0 aliphatic heterocycles. The van der Waals surface area contributed by atoms with Gasteiger partial charge < -0.3 is 5.73 Å². The quantitative estimate of drug-likeness (QED) is 0.795. The molecule has 0 bridgehead atoms. The monoisotopic (exact) mass is 207 g/mol. The molecule has 1 nitrogen and oxygen atoms in total. The number of allylic oxidation sites excluding steroid dienone is 1. The zero-order valence-electron chi connectivity index (χ0n) is 8.38. The third kappa shape index (κ3) is 4.30. The minimum Gasteiger partial charge on any atom is -0.330 e. The maximum absolute atomic E-state index is 5.61. The number of hydrogen-bond donors (Lipinski definition) is 1. The van der Waals surface area contributed by atoms with Crippen LogP contribution in [0.15, 0.2) is 30.8 Å². The summed E-state index contributed by atoms with van der Waals surface area (Å²) in [5, 5.41) is 0. The van der Waals surface area contributed by atoms with Crippen molar-refractivity contribution in [3.8, 4) is 0 Å². The lowest BCUT2D eigenvalue weighted by Gasteiger charge is -2.10. The first-order valence-electron chi connectivity index (χ1n) is 4.61. The molecular weight excluding hydrogens is 182 g/mol. The summed E-state index contributed by atoms with van der Waals surface area (Å²) in [5.41, 5.74) is 9.21. The minimum atomic E-state index is 0. The highest BCUT2D eigenvalue weighted by atomic mass is 14.5. The smallest absolute Gasteiger partial charge is 0.00109 e. The van der Waals surface area contributed by atoms with Crippen LogP contribution in [0.25, 0.3) is 5.57 Å². The van der Waals surface area contributed by atoms with Crippen LogP contribution in [0.4, 0.5) is 0 Å². The molecular formula is C14H25N. The SMILES string of the molecule is C.C.C=C(C)c1cccc(C(C)CN)c1. The molecule has 0 radical (unpaired) electrons. The van der Waals surface area contributed by atoms with Crippen LogP contribution < -0.4 is 5.73 Å². The third-order valence-electron chi connectivity index (χ3n) is 2.30. The first kappa shape index (κ1) is 16.4. The standard InChI is InChI=1S/C12H17N.2CH4/c1-9(2)11-5-4-6-12(7-11)10(3)8-13;;/h4-7,10H,1,8,13H2,2-3H3;2*1H4. The van der Waals surface area contributed by atoms with Crippen molar-refractivity contribution in [3.63, 3.8) is 0 Å². The lowest BCUT2D eigenvalue weighted by atomic mass is 9.97. The molecule has 0 fully saturated rings. The van der Waals surface area contributed by atoms with Crippen LogP contribution in [0.3, 0.4) is 0 Å². The van der Waals surface area contributed by atoms with Gasteiger partial charge in [0.05, 0.1) is 0 Å². The third-order valence-corrected chi connectivity index (χ3v) is 2.30. The number of nitrogens with two attached hydrogens (primary N) is 1. The average Bonchev–Trinajstić information content (AvgIpc) is 2.17. The van der Waals surface area contributed by atoms with E-state index in [0.717, 1.165) is 5.57 Å². The van der Waals surface area contributed by atoms with Gasteiger partial charge in [0, 0.05) is 0 Å². The molecule has 86 valence electrons. The summed E-state index contributed by atoms with van der Waals surface area (Å²) in [6.45, 7) is 8.77. The summed E-state index contributed by atoms with van der Waals surface area (Å²) in [6, 6.07) is 8.42. The van der Waals surface area contributed by atoms with Crippen LogP contribution in [-0.4, -0.2) is 6.54 Å². The normalized spacial score (nSPS) is 10.9. The molecule has 15 heavy (non-hydrogen) atoms. The second-order valence-corrected chi connectivity index (χ2v) is 3.54. The average molecular weight is 207 g/mol. The Bertz CT molecular complexity index is 302. The summed E-state index contributed by atoms with van der Waals surface area (Å²) in [6.07, 6.45) is 0. The molecule has 0 heterocycles. The van der Waals surface area contributed by atoms with Crippen LogP contribution in [0.2, 0.25) is 0 Å². The summed E-state index contributed by atoms with van der Waals surface area (Å²) in [4.78, 5) is 0. The summed E-state index contributed by atoms with van der Waals surface area (Å²) in [5.74, 6) is 0.430. The first-order chi connectivity index (χ1) is 6.15. The molecule has 0 saturated heterocycles. The molecule has 1 aromatic carbocycles. The highest BCUT2D eigenvalue weighted by Crippen LogP contribution is 2.18. The van der Waals surface area contributed by atoms with Crippen LogP contribution >= 0.6 is 0 Å². The largest absolute Gasteiger partial charge is 0.330 e. The van der Waals surface area contributed by atoms with E-state index < -0.39 is 0 Å². The van der Waals surface area contributed by atoms with Crippen LogP contribution in [-0.2, 0) is 0 Å². The Kier molecular flexibility index (Phi) is 7.90. The summed E-state index contributed by atoms with van der Waals surface area (Å²) < 4.78 is 0. The molecule has 0 aromatic heterocycles. The van der Waals surface area contributed by atoms with Crippen molar-refractivity contribution in [2.75, 3.05) is 6.54 Å². The van der Waals surface area contributed by atoms with Crippen LogP contribution in [0.5, 0.6) is 0 Å². The van der Waals surface area contributed by atoms with Gasteiger partial charge in [-0.3, -0.25) is 0 Å². The molecule has 1 aromatic rings. The molecule has 1 heteroatoms. The Labute approximate surface area is 95.0 Å². The van der Waals surface area contributed by atoms with E-state index in [1.54, 1.807) is 0 Å². The molecule has 1 unspecified atom stereocenters. The number of hydrogen-bond acceptors (Lipinski definition) is 1. The Hall–Kier alpha value is -1.08. The molecule has 1 rings (SSSR count). The lowest BCUT2D eigenvalue weighted by Crippen LogP contribution is -2.08. The van der Waals surface area contributed by atoms with E-state index in [4.69, 9.17) is 5.73 Å². The fourth-order valence-corrected chi connectivity index (χ4v) is 1.25. The second-order valence-electron chi connectivity index (χ2n) is 3.54. The molecule has 0 aliphatic rings. The maximum Gasteiger partial charge on any atom is -0.00109 e. The van der Waals surface area contributed by atoms with E-state index in [1.165, 1.54) is 11.1 Å². The maximum atomic E-state index is 5.61. The van der Waals surface area contributed by atoms with Gasteiger partial charge in [-0.1, -0.05) is 58.2 Å². The second kappa shape index (κ2) is 7.24. The number of rotatable bonds is 3. The summed E-state index contributed by atoms with van der Waals surface area (Å²) >= 11 is 0. The van der Waals surface area contributed by atoms with Crippen molar-refractivity contribution in [2.24, 2.45) is 5.73 Å². The van der Waals surface area contributed by atoms with E-state index in [9.17, 15) is 0 Å². The minimum absolute atomic E-state index is 0. The highest BCUT2D eigenvalue weighted by Gasteiger charge is 2.03. The predicted octanol–water partition coefficient (Wildman–Crippen LogP) is 4.05. The van der Waals surface area contributed by atoms with E-state index in [2.05, 4.69) is 37.8 Å². The van der Waals surface area contributed by atoms with Gasteiger partial charge in [-0.2, -0.15) is 0 Å². The van der Waals surface area contributed by atoms with Gasteiger partial charge >= 0.3 is 0 Å². The fraction of sp³-hybridized carbons (Fsp3) is 0.429. The molecule has 0 spiro atoms. The van der Waals surface area contributed by atoms with Crippen molar-refractivity contribution in [2.45, 2.75) is 34.6 Å². The van der Waals surface area contributed by atoms with Gasteiger partial charge in [0.15, 0.2) is 0 Å². The van der Waals surface area contributed by atoms with Crippen molar-refractivity contribution in [1.82, 2.24) is 0 Å². The summed E-state index contributed by atoms with van der Waals surface area (Å²) in [7, 11) is 0.